The maximum Gasteiger partial charge on any atom is 0.276 e. The number of ether oxygens (including phenoxy) is 1. The third kappa shape index (κ3) is 3.52. The van der Waals surface area contributed by atoms with Crippen molar-refractivity contribution in [3.8, 4) is 11.4 Å². The van der Waals surface area contributed by atoms with Crippen molar-refractivity contribution in [2.45, 2.75) is 25.8 Å². The predicted molar refractivity (Wildman–Crippen MR) is 93.0 cm³/mol. The molecule has 3 rings (SSSR count). The molecule has 1 aliphatic heterocycles. The highest BCUT2D eigenvalue weighted by Gasteiger charge is 2.26. The largest absolute Gasteiger partial charge is 0.497 e. The van der Waals surface area contributed by atoms with E-state index in [0.29, 0.717) is 12.2 Å². The molecule has 0 saturated carbocycles. The van der Waals surface area contributed by atoms with Gasteiger partial charge in [0.2, 0.25) is 0 Å². The first kappa shape index (κ1) is 18.2. The summed E-state index contributed by atoms with van der Waals surface area (Å²) in [5.74, 6) is 0.669. The van der Waals surface area contributed by atoms with E-state index in [2.05, 4.69) is 10.3 Å². The Morgan fingerprint density at radius 3 is 2.67 bits per heavy atom. The molecule has 1 aromatic carbocycles. The summed E-state index contributed by atoms with van der Waals surface area (Å²) < 4.78 is 6.81. The van der Waals surface area contributed by atoms with Crippen LogP contribution in [0.5, 0.6) is 5.75 Å². The van der Waals surface area contributed by atoms with Gasteiger partial charge in [-0.05, 0) is 44.0 Å². The molecule has 2 aromatic rings. The summed E-state index contributed by atoms with van der Waals surface area (Å²) in [6.45, 7) is 3.15. The zero-order valence-electron chi connectivity index (χ0n) is 13.8. The zero-order valence-corrected chi connectivity index (χ0v) is 14.6. The van der Waals surface area contributed by atoms with Crippen LogP contribution in [-0.4, -0.2) is 52.0 Å². The second-order valence-electron chi connectivity index (χ2n) is 5.79. The minimum absolute atomic E-state index is 0. The number of methoxy groups -OCH3 is 1. The number of aromatic nitrogens is 3. The number of nitrogens with zero attached hydrogens (tertiary/aromatic N) is 4. The smallest absolute Gasteiger partial charge is 0.276 e. The minimum Gasteiger partial charge on any atom is -0.497 e. The number of hydrogen-bond acceptors (Lipinski definition) is 5. The van der Waals surface area contributed by atoms with Crippen LogP contribution in [0.3, 0.4) is 0 Å². The van der Waals surface area contributed by atoms with Gasteiger partial charge in [0.25, 0.3) is 5.91 Å². The summed E-state index contributed by atoms with van der Waals surface area (Å²) in [5, 5.41) is 8.21. The van der Waals surface area contributed by atoms with Crippen molar-refractivity contribution in [2.24, 2.45) is 5.73 Å². The van der Waals surface area contributed by atoms with Crippen LogP contribution in [-0.2, 0) is 0 Å². The third-order valence-electron chi connectivity index (χ3n) is 4.16. The van der Waals surface area contributed by atoms with Gasteiger partial charge in [-0.2, -0.15) is 0 Å². The number of nitrogens with two attached hydrogens (primary N) is 1. The van der Waals surface area contributed by atoms with E-state index in [0.717, 1.165) is 36.5 Å². The molecule has 7 nitrogen and oxygen atoms in total. The molecule has 1 fully saturated rings. The fraction of sp³-hybridized carbons (Fsp3) is 0.438. The molecule has 1 amide bonds. The lowest BCUT2D eigenvalue weighted by Crippen LogP contribution is -2.46. The van der Waals surface area contributed by atoms with Gasteiger partial charge in [0.15, 0.2) is 5.69 Å². The Hall–Kier alpha value is -2.12. The Morgan fingerprint density at radius 2 is 2.04 bits per heavy atom. The summed E-state index contributed by atoms with van der Waals surface area (Å²) in [6.07, 6.45) is 1.89. The van der Waals surface area contributed by atoms with E-state index >= 15 is 0 Å². The molecular formula is C16H22ClN5O2. The van der Waals surface area contributed by atoms with Crippen molar-refractivity contribution in [3.63, 3.8) is 0 Å². The van der Waals surface area contributed by atoms with Crippen LogP contribution >= 0.6 is 12.4 Å². The maximum atomic E-state index is 12.6. The van der Waals surface area contributed by atoms with Crippen molar-refractivity contribution >= 4 is 18.3 Å². The number of carbonyl (C=O) groups is 1. The Kier molecular flexibility index (Phi) is 5.80. The van der Waals surface area contributed by atoms with E-state index in [1.54, 1.807) is 16.7 Å². The van der Waals surface area contributed by atoms with Gasteiger partial charge in [-0.3, -0.25) is 4.79 Å². The van der Waals surface area contributed by atoms with E-state index in [-0.39, 0.29) is 24.4 Å². The summed E-state index contributed by atoms with van der Waals surface area (Å²) in [7, 11) is 1.62. The Balaban J connectivity index is 0.00000208. The zero-order chi connectivity index (χ0) is 16.4. The number of piperidine rings is 1. The Labute approximate surface area is 147 Å². The number of hydrogen-bond donors (Lipinski definition) is 1. The lowest BCUT2D eigenvalue weighted by Gasteiger charge is -2.30. The van der Waals surface area contributed by atoms with Gasteiger partial charge in [0.1, 0.15) is 5.75 Å². The molecule has 130 valence electrons. The fourth-order valence-electron chi connectivity index (χ4n) is 2.84. The number of amides is 1. The quantitative estimate of drug-likeness (QED) is 0.907. The molecule has 1 atom stereocenters. The maximum absolute atomic E-state index is 12.6. The molecule has 1 aromatic heterocycles. The van der Waals surface area contributed by atoms with Gasteiger partial charge in [0, 0.05) is 19.1 Å². The Morgan fingerprint density at radius 1 is 1.33 bits per heavy atom. The number of rotatable bonds is 3. The van der Waals surface area contributed by atoms with E-state index in [4.69, 9.17) is 10.5 Å². The van der Waals surface area contributed by atoms with Crippen LogP contribution in [0.15, 0.2) is 24.3 Å². The molecule has 0 radical (unpaired) electrons. The molecule has 8 heteroatoms. The molecule has 1 unspecified atom stereocenters. The summed E-state index contributed by atoms with van der Waals surface area (Å²) >= 11 is 0. The lowest BCUT2D eigenvalue weighted by molar-refractivity contribution is 0.0702. The monoisotopic (exact) mass is 351 g/mol. The van der Waals surface area contributed by atoms with Gasteiger partial charge < -0.3 is 15.4 Å². The molecule has 0 aliphatic carbocycles. The highest BCUT2D eigenvalue weighted by molar-refractivity contribution is 5.93. The molecule has 24 heavy (non-hydrogen) atoms. The highest BCUT2D eigenvalue weighted by atomic mass is 35.5. The predicted octanol–water partition coefficient (Wildman–Crippen LogP) is 1.57. The standard InChI is InChI=1S/C16H21N5O2.ClH/c1-11-15(16(22)20-9-3-4-12(17)10-20)18-19-21(11)13-5-7-14(23-2)8-6-13;/h5-8,12H,3-4,9-10,17H2,1-2H3;1H. The van der Waals surface area contributed by atoms with Gasteiger partial charge in [-0.15, -0.1) is 17.5 Å². The van der Waals surface area contributed by atoms with Crippen LogP contribution in [0.4, 0.5) is 0 Å². The second-order valence-corrected chi connectivity index (χ2v) is 5.79. The van der Waals surface area contributed by atoms with Crippen molar-refractivity contribution in [2.75, 3.05) is 20.2 Å². The minimum atomic E-state index is -0.0996. The fourth-order valence-corrected chi connectivity index (χ4v) is 2.84. The molecule has 2 N–H and O–H groups in total. The van der Waals surface area contributed by atoms with E-state index < -0.39 is 0 Å². The van der Waals surface area contributed by atoms with Crippen LogP contribution in [0.2, 0.25) is 0 Å². The van der Waals surface area contributed by atoms with Crippen LogP contribution in [0, 0.1) is 6.92 Å². The van der Waals surface area contributed by atoms with Crippen molar-refractivity contribution in [1.82, 2.24) is 19.9 Å². The number of likely N-dealkylation sites (tertiary alicyclic amines) is 1. The molecule has 1 aliphatic rings. The second kappa shape index (κ2) is 7.63. The summed E-state index contributed by atoms with van der Waals surface area (Å²) in [6, 6.07) is 7.50. The first-order valence-corrected chi connectivity index (χ1v) is 7.71. The molecule has 2 heterocycles. The van der Waals surface area contributed by atoms with Crippen LogP contribution < -0.4 is 10.5 Å². The van der Waals surface area contributed by atoms with Gasteiger partial charge >= 0.3 is 0 Å². The topological polar surface area (TPSA) is 86.3 Å². The number of carbonyl (C=O) groups excluding carboxylic acids is 1. The summed E-state index contributed by atoms with van der Waals surface area (Å²) in [4.78, 5) is 14.4. The van der Waals surface area contributed by atoms with Crippen LogP contribution in [0.25, 0.3) is 5.69 Å². The van der Waals surface area contributed by atoms with Gasteiger partial charge in [-0.25, -0.2) is 4.68 Å². The SMILES string of the molecule is COc1ccc(-n2nnc(C(=O)N3CCCC(N)C3)c2C)cc1.Cl. The van der Waals surface area contributed by atoms with E-state index in [1.807, 2.05) is 31.2 Å². The number of halogens is 1. The normalized spacial score (nSPS) is 17.3. The average Bonchev–Trinajstić information content (AvgIpc) is 2.96. The first-order valence-electron chi connectivity index (χ1n) is 7.71. The summed E-state index contributed by atoms with van der Waals surface area (Å²) in [5.41, 5.74) is 7.90. The van der Waals surface area contributed by atoms with Crippen LogP contribution in [0.1, 0.15) is 29.0 Å². The molecule has 0 bridgehead atoms. The van der Waals surface area contributed by atoms with Crippen molar-refractivity contribution < 1.29 is 9.53 Å². The van der Waals surface area contributed by atoms with Crippen molar-refractivity contribution in [1.29, 1.82) is 0 Å². The first-order chi connectivity index (χ1) is 11.1. The Bertz CT molecular complexity index is 701. The lowest BCUT2D eigenvalue weighted by atomic mass is 10.1. The average molecular weight is 352 g/mol. The van der Waals surface area contributed by atoms with E-state index in [1.165, 1.54) is 0 Å². The van der Waals surface area contributed by atoms with Gasteiger partial charge in [-0.1, -0.05) is 5.21 Å². The molecule has 1 saturated heterocycles. The number of benzene rings is 1. The highest BCUT2D eigenvalue weighted by Crippen LogP contribution is 2.18. The van der Waals surface area contributed by atoms with Crippen molar-refractivity contribution in [3.05, 3.63) is 35.7 Å². The third-order valence-corrected chi connectivity index (χ3v) is 4.16. The molecular weight excluding hydrogens is 330 g/mol. The van der Waals surface area contributed by atoms with E-state index in [9.17, 15) is 4.79 Å². The van der Waals surface area contributed by atoms with Gasteiger partial charge in [0.05, 0.1) is 18.5 Å². The molecule has 0 spiro atoms.